The molecule has 0 bridgehead atoms. The molecule has 0 saturated carbocycles. The number of aryl methyl sites for hydroxylation is 1. The number of hydrogen-bond acceptors (Lipinski definition) is 2. The van der Waals surface area contributed by atoms with Gasteiger partial charge in [-0.2, -0.15) is 0 Å². The minimum Gasteiger partial charge on any atom is -0.357 e. The summed E-state index contributed by atoms with van der Waals surface area (Å²) < 4.78 is 0. The maximum atomic E-state index is 3.69. The van der Waals surface area contributed by atoms with Gasteiger partial charge in [-0.15, -0.1) is 12.4 Å². The van der Waals surface area contributed by atoms with Crippen LogP contribution < -0.4 is 5.32 Å². The van der Waals surface area contributed by atoms with Crippen LogP contribution in [0.2, 0.25) is 0 Å². The fourth-order valence-corrected chi connectivity index (χ4v) is 4.23. The predicted molar refractivity (Wildman–Crippen MR) is 101 cm³/mol. The summed E-state index contributed by atoms with van der Waals surface area (Å²) in [5.41, 5.74) is 5.44. The summed E-state index contributed by atoms with van der Waals surface area (Å²) in [5.74, 6) is 0. The van der Waals surface area contributed by atoms with Crippen LogP contribution in [0.4, 0.5) is 0 Å². The van der Waals surface area contributed by atoms with Crippen molar-refractivity contribution in [3.8, 4) is 0 Å². The zero-order chi connectivity index (χ0) is 15.1. The van der Waals surface area contributed by atoms with Crippen LogP contribution in [-0.2, 0) is 6.42 Å². The molecule has 2 N–H and O–H groups in total. The van der Waals surface area contributed by atoms with Crippen LogP contribution in [0.5, 0.6) is 0 Å². The molecule has 2 heterocycles. The summed E-state index contributed by atoms with van der Waals surface area (Å²) in [6, 6.07) is 15.8. The van der Waals surface area contributed by atoms with Crippen molar-refractivity contribution in [2.75, 3.05) is 6.54 Å². The average Bonchev–Trinajstić information content (AvgIpc) is 2.90. The van der Waals surface area contributed by atoms with E-state index < -0.39 is 0 Å². The van der Waals surface area contributed by atoms with E-state index in [2.05, 4.69) is 66.6 Å². The van der Waals surface area contributed by atoms with Gasteiger partial charge in [0.15, 0.2) is 0 Å². The summed E-state index contributed by atoms with van der Waals surface area (Å²) >= 11 is 1.84. The molecular weight excluding hydrogens is 324 g/mol. The van der Waals surface area contributed by atoms with Crippen molar-refractivity contribution in [2.45, 2.75) is 36.1 Å². The van der Waals surface area contributed by atoms with Crippen LogP contribution in [0.3, 0.4) is 0 Å². The van der Waals surface area contributed by atoms with Gasteiger partial charge in [-0.25, -0.2) is 0 Å². The van der Waals surface area contributed by atoms with E-state index in [1.54, 1.807) is 0 Å². The first kappa shape index (κ1) is 16.4. The van der Waals surface area contributed by atoms with Crippen LogP contribution in [0.25, 0.3) is 10.9 Å². The Labute approximate surface area is 147 Å². The van der Waals surface area contributed by atoms with E-state index in [0.29, 0.717) is 6.04 Å². The Kier molecular flexibility index (Phi) is 4.72. The van der Waals surface area contributed by atoms with Gasteiger partial charge >= 0.3 is 0 Å². The number of aromatic nitrogens is 1. The molecule has 3 aromatic rings. The Morgan fingerprint density at radius 2 is 1.87 bits per heavy atom. The Hall–Kier alpha value is -1.42. The Morgan fingerprint density at radius 1 is 1.09 bits per heavy atom. The highest BCUT2D eigenvalue weighted by Crippen LogP contribution is 2.38. The molecule has 1 aromatic heterocycles. The van der Waals surface area contributed by atoms with Gasteiger partial charge in [0.25, 0.3) is 0 Å². The van der Waals surface area contributed by atoms with Crippen molar-refractivity contribution in [3.63, 3.8) is 0 Å². The SMILES string of the molecule is Cc1ccc(Sc2cccc3c4c([nH]c23)CCNC4C)cc1.Cl. The first-order valence-electron chi connectivity index (χ1n) is 7.84. The highest BCUT2D eigenvalue weighted by atomic mass is 35.5. The van der Waals surface area contributed by atoms with E-state index in [4.69, 9.17) is 0 Å². The molecule has 4 rings (SSSR count). The number of benzene rings is 2. The molecule has 0 fully saturated rings. The van der Waals surface area contributed by atoms with Gasteiger partial charge in [0.2, 0.25) is 0 Å². The molecule has 2 nitrogen and oxygen atoms in total. The lowest BCUT2D eigenvalue weighted by Gasteiger charge is -2.20. The van der Waals surface area contributed by atoms with E-state index in [-0.39, 0.29) is 12.4 Å². The van der Waals surface area contributed by atoms with Crippen molar-refractivity contribution >= 4 is 35.1 Å². The molecule has 1 atom stereocenters. The summed E-state index contributed by atoms with van der Waals surface area (Å²) in [7, 11) is 0. The van der Waals surface area contributed by atoms with E-state index >= 15 is 0 Å². The molecule has 1 aliphatic rings. The second kappa shape index (κ2) is 6.60. The third-order valence-electron chi connectivity index (χ3n) is 4.42. The van der Waals surface area contributed by atoms with E-state index in [0.717, 1.165) is 13.0 Å². The van der Waals surface area contributed by atoms with Crippen LogP contribution in [0, 0.1) is 6.92 Å². The number of para-hydroxylation sites is 1. The zero-order valence-corrected chi connectivity index (χ0v) is 15.0. The van der Waals surface area contributed by atoms with Crippen molar-refractivity contribution < 1.29 is 0 Å². The molecule has 0 spiro atoms. The van der Waals surface area contributed by atoms with Gasteiger partial charge < -0.3 is 10.3 Å². The highest BCUT2D eigenvalue weighted by molar-refractivity contribution is 7.99. The first-order chi connectivity index (χ1) is 10.7. The Balaban J connectivity index is 0.00000156. The molecule has 1 unspecified atom stereocenters. The van der Waals surface area contributed by atoms with Gasteiger partial charge in [0.1, 0.15) is 0 Å². The fourth-order valence-electron chi connectivity index (χ4n) is 3.29. The minimum atomic E-state index is 0. The number of aromatic amines is 1. The van der Waals surface area contributed by atoms with Crippen molar-refractivity contribution in [2.24, 2.45) is 0 Å². The normalized spacial score (nSPS) is 16.9. The van der Waals surface area contributed by atoms with Crippen LogP contribution >= 0.6 is 24.2 Å². The first-order valence-corrected chi connectivity index (χ1v) is 8.65. The predicted octanol–water partition coefficient (Wildman–Crippen LogP) is 5.26. The molecule has 0 radical (unpaired) electrons. The van der Waals surface area contributed by atoms with Gasteiger partial charge in [-0.3, -0.25) is 0 Å². The topological polar surface area (TPSA) is 27.8 Å². The maximum absolute atomic E-state index is 3.69. The zero-order valence-electron chi connectivity index (χ0n) is 13.3. The smallest absolute Gasteiger partial charge is 0.0601 e. The molecular formula is C19H21ClN2S. The summed E-state index contributed by atoms with van der Waals surface area (Å²) in [5, 5.41) is 4.93. The van der Waals surface area contributed by atoms with Gasteiger partial charge in [0.05, 0.1) is 5.52 Å². The maximum Gasteiger partial charge on any atom is 0.0601 e. The van der Waals surface area contributed by atoms with Crippen molar-refractivity contribution in [3.05, 3.63) is 59.3 Å². The monoisotopic (exact) mass is 344 g/mol. The molecule has 1 aliphatic heterocycles. The third kappa shape index (κ3) is 3.01. The quantitative estimate of drug-likeness (QED) is 0.664. The summed E-state index contributed by atoms with van der Waals surface area (Å²) in [4.78, 5) is 6.28. The number of nitrogens with one attached hydrogen (secondary N) is 2. The van der Waals surface area contributed by atoms with E-state index in [1.165, 1.54) is 37.5 Å². The van der Waals surface area contributed by atoms with Crippen LogP contribution in [0.1, 0.15) is 29.8 Å². The Morgan fingerprint density at radius 3 is 2.65 bits per heavy atom. The summed E-state index contributed by atoms with van der Waals surface area (Å²) in [6.45, 7) is 5.44. The number of fused-ring (bicyclic) bond motifs is 3. The number of H-pyrrole nitrogens is 1. The highest BCUT2D eigenvalue weighted by Gasteiger charge is 2.21. The van der Waals surface area contributed by atoms with Crippen molar-refractivity contribution in [1.82, 2.24) is 10.3 Å². The second-order valence-corrected chi connectivity index (χ2v) is 7.15. The van der Waals surface area contributed by atoms with Gasteiger partial charge in [0, 0.05) is 39.9 Å². The lowest BCUT2D eigenvalue weighted by atomic mass is 9.99. The van der Waals surface area contributed by atoms with E-state index in [1.807, 2.05) is 11.8 Å². The standard InChI is InChI=1S/C19H20N2S.ClH/c1-12-6-8-14(9-7-12)22-17-5-3-4-15-18-13(2)20-11-10-16(18)21-19(15)17;/h3-9,13,20-21H,10-11H2,1-2H3;1H. The molecule has 0 amide bonds. The fraction of sp³-hybridized carbons (Fsp3) is 0.263. The molecule has 0 aliphatic carbocycles. The van der Waals surface area contributed by atoms with Crippen LogP contribution in [0.15, 0.2) is 52.3 Å². The third-order valence-corrected chi connectivity index (χ3v) is 5.49. The van der Waals surface area contributed by atoms with E-state index in [9.17, 15) is 0 Å². The van der Waals surface area contributed by atoms with Crippen LogP contribution in [-0.4, -0.2) is 11.5 Å². The number of halogens is 1. The Bertz CT molecular complexity index is 823. The largest absolute Gasteiger partial charge is 0.357 e. The molecule has 0 saturated heterocycles. The minimum absolute atomic E-state index is 0. The van der Waals surface area contributed by atoms with Gasteiger partial charge in [-0.05, 0) is 37.6 Å². The molecule has 120 valence electrons. The lowest BCUT2D eigenvalue weighted by molar-refractivity contribution is 0.541. The second-order valence-electron chi connectivity index (χ2n) is 6.04. The van der Waals surface area contributed by atoms with Gasteiger partial charge in [-0.1, -0.05) is 41.6 Å². The molecule has 2 aromatic carbocycles. The molecule has 4 heteroatoms. The van der Waals surface area contributed by atoms with Crippen molar-refractivity contribution in [1.29, 1.82) is 0 Å². The average molecular weight is 345 g/mol. The summed E-state index contributed by atoms with van der Waals surface area (Å²) in [6.07, 6.45) is 1.09. The number of hydrogen-bond donors (Lipinski definition) is 2. The lowest BCUT2D eigenvalue weighted by Crippen LogP contribution is -2.27. The number of rotatable bonds is 2. The molecule has 23 heavy (non-hydrogen) atoms.